The summed E-state index contributed by atoms with van der Waals surface area (Å²) in [6.07, 6.45) is 8.44. The minimum absolute atomic E-state index is 0.135. The van der Waals surface area contributed by atoms with Gasteiger partial charge in [0.25, 0.3) is 5.91 Å². The van der Waals surface area contributed by atoms with E-state index in [0.717, 1.165) is 59.7 Å². The van der Waals surface area contributed by atoms with Crippen LogP contribution in [-0.2, 0) is 0 Å². The van der Waals surface area contributed by atoms with Crippen LogP contribution >= 0.6 is 0 Å². The second-order valence-corrected chi connectivity index (χ2v) is 9.55. The second-order valence-electron chi connectivity index (χ2n) is 9.55. The first kappa shape index (κ1) is 21.1. The SMILES string of the molecule is CC1CCN(CC2CCCN(C(=O)c3cc(-c4ccncc4)nc4ccccc34)C2)CC1. The molecule has 1 atom stereocenters. The Kier molecular flexibility index (Phi) is 6.17. The third-order valence-electron chi connectivity index (χ3n) is 7.12. The Morgan fingerprint density at radius 3 is 2.62 bits per heavy atom. The van der Waals surface area contributed by atoms with Crippen molar-refractivity contribution in [1.29, 1.82) is 0 Å². The van der Waals surface area contributed by atoms with Gasteiger partial charge >= 0.3 is 0 Å². The highest BCUT2D eigenvalue weighted by Crippen LogP contribution is 2.28. The molecule has 2 aromatic heterocycles. The molecule has 2 aliphatic rings. The van der Waals surface area contributed by atoms with Crippen molar-refractivity contribution >= 4 is 16.8 Å². The number of carbonyl (C=O) groups excluding carboxylic acids is 1. The summed E-state index contributed by atoms with van der Waals surface area (Å²) in [5.41, 5.74) is 3.43. The van der Waals surface area contributed by atoms with Crippen molar-refractivity contribution in [1.82, 2.24) is 19.8 Å². The van der Waals surface area contributed by atoms with Crippen molar-refractivity contribution in [2.75, 3.05) is 32.7 Å². The third-order valence-corrected chi connectivity index (χ3v) is 7.12. The maximum absolute atomic E-state index is 13.8. The smallest absolute Gasteiger partial charge is 0.254 e. The van der Waals surface area contributed by atoms with Crippen molar-refractivity contribution in [3.63, 3.8) is 0 Å². The van der Waals surface area contributed by atoms with Gasteiger partial charge in [-0.1, -0.05) is 25.1 Å². The molecule has 2 saturated heterocycles. The number of benzene rings is 1. The summed E-state index contributed by atoms with van der Waals surface area (Å²) >= 11 is 0. The molecule has 5 nitrogen and oxygen atoms in total. The number of para-hydroxylation sites is 1. The first-order valence-electron chi connectivity index (χ1n) is 12.0. The standard InChI is InChI=1S/C27H32N4O/c1-20-10-15-30(16-11-20)18-21-5-4-14-31(19-21)27(32)24-17-26(22-8-12-28-13-9-22)29-25-7-3-2-6-23(24)25/h2-3,6-9,12-13,17,20-21H,4-5,10-11,14-16,18-19H2,1H3. The number of nitrogens with zero attached hydrogens (tertiary/aromatic N) is 4. The third kappa shape index (κ3) is 4.53. The van der Waals surface area contributed by atoms with E-state index in [1.54, 1.807) is 12.4 Å². The number of likely N-dealkylation sites (tertiary alicyclic amines) is 2. The van der Waals surface area contributed by atoms with E-state index in [1.807, 2.05) is 42.5 Å². The molecule has 4 heterocycles. The summed E-state index contributed by atoms with van der Waals surface area (Å²) in [5.74, 6) is 1.55. The normalized spacial score (nSPS) is 20.5. The van der Waals surface area contributed by atoms with Crippen LogP contribution in [0.2, 0.25) is 0 Å². The van der Waals surface area contributed by atoms with Crippen LogP contribution in [0.3, 0.4) is 0 Å². The molecular weight excluding hydrogens is 396 g/mol. The quantitative estimate of drug-likeness (QED) is 0.594. The fraction of sp³-hybridized carbons (Fsp3) is 0.444. The average Bonchev–Trinajstić information content (AvgIpc) is 2.85. The Bertz CT molecular complexity index is 1080. The summed E-state index contributed by atoms with van der Waals surface area (Å²) < 4.78 is 0. The van der Waals surface area contributed by atoms with E-state index in [9.17, 15) is 4.79 Å². The molecule has 0 radical (unpaired) electrons. The zero-order valence-electron chi connectivity index (χ0n) is 18.9. The molecule has 166 valence electrons. The van der Waals surface area contributed by atoms with E-state index in [1.165, 1.54) is 32.4 Å². The Labute approximate surface area is 190 Å². The van der Waals surface area contributed by atoms with E-state index < -0.39 is 0 Å². The Balaban J connectivity index is 1.39. The molecule has 5 rings (SSSR count). The van der Waals surface area contributed by atoms with E-state index in [4.69, 9.17) is 4.98 Å². The first-order valence-corrected chi connectivity index (χ1v) is 12.0. The van der Waals surface area contributed by atoms with Crippen molar-refractivity contribution in [2.24, 2.45) is 11.8 Å². The lowest BCUT2D eigenvalue weighted by Gasteiger charge is -2.38. The van der Waals surface area contributed by atoms with Gasteiger partial charge in [-0.3, -0.25) is 9.78 Å². The van der Waals surface area contributed by atoms with Gasteiger partial charge in [0.2, 0.25) is 0 Å². The number of carbonyl (C=O) groups is 1. The van der Waals surface area contributed by atoms with Gasteiger partial charge in [-0.2, -0.15) is 0 Å². The van der Waals surface area contributed by atoms with Gasteiger partial charge in [0.15, 0.2) is 0 Å². The fourth-order valence-electron chi connectivity index (χ4n) is 5.20. The first-order chi connectivity index (χ1) is 15.7. The van der Waals surface area contributed by atoms with Crippen LogP contribution < -0.4 is 0 Å². The second kappa shape index (κ2) is 9.37. The summed E-state index contributed by atoms with van der Waals surface area (Å²) in [6, 6.07) is 13.8. The number of hydrogen-bond donors (Lipinski definition) is 0. The lowest BCUT2D eigenvalue weighted by molar-refractivity contribution is 0.0624. The molecule has 0 bridgehead atoms. The van der Waals surface area contributed by atoms with Crippen molar-refractivity contribution in [3.8, 4) is 11.3 Å². The molecule has 1 amide bonds. The molecule has 1 aromatic carbocycles. The van der Waals surface area contributed by atoms with Crippen molar-refractivity contribution < 1.29 is 4.79 Å². The number of rotatable bonds is 4. The zero-order chi connectivity index (χ0) is 21.9. The van der Waals surface area contributed by atoms with Crippen LogP contribution in [0.1, 0.15) is 43.0 Å². The molecule has 5 heteroatoms. The summed E-state index contributed by atoms with van der Waals surface area (Å²) in [5, 5.41) is 0.933. The molecule has 2 fully saturated rings. The zero-order valence-corrected chi connectivity index (χ0v) is 18.9. The average molecular weight is 429 g/mol. The predicted octanol–water partition coefficient (Wildman–Crippen LogP) is 4.88. The lowest BCUT2D eigenvalue weighted by Crippen LogP contribution is -2.45. The van der Waals surface area contributed by atoms with Gasteiger partial charge < -0.3 is 9.80 Å². The molecule has 0 aliphatic carbocycles. The largest absolute Gasteiger partial charge is 0.338 e. The minimum Gasteiger partial charge on any atom is -0.338 e. The molecule has 0 N–H and O–H groups in total. The van der Waals surface area contributed by atoms with Crippen molar-refractivity contribution in [2.45, 2.75) is 32.6 Å². The molecule has 2 aliphatic heterocycles. The van der Waals surface area contributed by atoms with E-state index in [-0.39, 0.29) is 5.91 Å². The number of piperidine rings is 2. The predicted molar refractivity (Wildman–Crippen MR) is 128 cm³/mol. The highest BCUT2D eigenvalue weighted by atomic mass is 16.2. The van der Waals surface area contributed by atoms with E-state index >= 15 is 0 Å². The minimum atomic E-state index is 0.135. The topological polar surface area (TPSA) is 49.3 Å². The molecule has 32 heavy (non-hydrogen) atoms. The Morgan fingerprint density at radius 2 is 1.81 bits per heavy atom. The fourth-order valence-corrected chi connectivity index (χ4v) is 5.20. The number of pyridine rings is 2. The number of fused-ring (bicyclic) bond motifs is 1. The Hall–Kier alpha value is -2.79. The number of hydrogen-bond acceptors (Lipinski definition) is 4. The van der Waals surface area contributed by atoms with Crippen LogP contribution in [0.25, 0.3) is 22.2 Å². The van der Waals surface area contributed by atoms with Crippen LogP contribution in [0.4, 0.5) is 0 Å². The van der Waals surface area contributed by atoms with Crippen molar-refractivity contribution in [3.05, 3.63) is 60.4 Å². The number of aromatic nitrogens is 2. The van der Waals surface area contributed by atoms with Crippen LogP contribution in [0, 0.1) is 11.8 Å². The Morgan fingerprint density at radius 1 is 1.03 bits per heavy atom. The molecular formula is C27H32N4O. The van der Waals surface area contributed by atoms with Gasteiger partial charge in [-0.15, -0.1) is 0 Å². The maximum atomic E-state index is 13.8. The van der Waals surface area contributed by atoms with Gasteiger partial charge in [-0.25, -0.2) is 4.98 Å². The monoisotopic (exact) mass is 428 g/mol. The summed E-state index contributed by atoms with van der Waals surface area (Å²) in [4.78, 5) is 27.4. The van der Waals surface area contributed by atoms with Gasteiger partial charge in [0, 0.05) is 43.0 Å². The molecule has 1 unspecified atom stereocenters. The van der Waals surface area contributed by atoms with Crippen LogP contribution in [-0.4, -0.2) is 58.4 Å². The molecule has 0 spiro atoms. The molecule has 3 aromatic rings. The number of amides is 1. The summed E-state index contributed by atoms with van der Waals surface area (Å²) in [7, 11) is 0. The van der Waals surface area contributed by atoms with E-state index in [2.05, 4.69) is 21.7 Å². The van der Waals surface area contributed by atoms with E-state index in [0.29, 0.717) is 5.92 Å². The summed E-state index contributed by atoms with van der Waals surface area (Å²) in [6.45, 7) is 7.58. The van der Waals surface area contributed by atoms with Gasteiger partial charge in [0.05, 0.1) is 16.8 Å². The van der Waals surface area contributed by atoms with Crippen LogP contribution in [0.5, 0.6) is 0 Å². The van der Waals surface area contributed by atoms with Crippen LogP contribution in [0.15, 0.2) is 54.9 Å². The van der Waals surface area contributed by atoms with Gasteiger partial charge in [0.1, 0.15) is 0 Å². The maximum Gasteiger partial charge on any atom is 0.254 e. The molecule has 0 saturated carbocycles. The highest BCUT2D eigenvalue weighted by molar-refractivity contribution is 6.07. The lowest BCUT2D eigenvalue weighted by atomic mass is 9.93. The van der Waals surface area contributed by atoms with Gasteiger partial charge in [-0.05, 0) is 74.9 Å². The highest BCUT2D eigenvalue weighted by Gasteiger charge is 2.28.